The Morgan fingerprint density at radius 3 is 2.95 bits per heavy atom. The lowest BCUT2D eigenvalue weighted by Gasteiger charge is -2.42. The Labute approximate surface area is 121 Å². The Hall–Kier alpha value is 0.190. The minimum absolute atomic E-state index is 0.118. The normalized spacial score (nSPS) is 34.6. The van der Waals surface area contributed by atoms with Crippen molar-refractivity contribution in [1.29, 1.82) is 0 Å². The SMILES string of the molecule is CCOC(CC)C(NN)C1CCOC2(CCSC2)C1. The summed E-state index contributed by atoms with van der Waals surface area (Å²) in [5.41, 5.74) is 3.14. The molecule has 2 rings (SSSR count). The highest BCUT2D eigenvalue weighted by Gasteiger charge is 2.43. The maximum Gasteiger partial charge on any atom is 0.0783 e. The van der Waals surface area contributed by atoms with Gasteiger partial charge in [-0.25, -0.2) is 0 Å². The van der Waals surface area contributed by atoms with Gasteiger partial charge in [-0.15, -0.1) is 0 Å². The first-order valence-corrected chi connectivity index (χ1v) is 8.69. The third kappa shape index (κ3) is 3.64. The fourth-order valence-corrected chi connectivity index (χ4v) is 4.85. The number of nitrogens with two attached hydrogens (primary N) is 1. The summed E-state index contributed by atoms with van der Waals surface area (Å²) in [7, 11) is 0. The summed E-state index contributed by atoms with van der Waals surface area (Å²) in [5.74, 6) is 8.76. The average molecular weight is 288 g/mol. The van der Waals surface area contributed by atoms with Crippen LogP contribution in [0.3, 0.4) is 0 Å². The van der Waals surface area contributed by atoms with Gasteiger partial charge in [0.25, 0.3) is 0 Å². The summed E-state index contributed by atoms with van der Waals surface area (Å²) in [6.45, 7) is 5.84. The van der Waals surface area contributed by atoms with Gasteiger partial charge in [-0.05, 0) is 44.3 Å². The maximum absolute atomic E-state index is 6.09. The number of nitrogens with one attached hydrogen (secondary N) is 1. The molecule has 19 heavy (non-hydrogen) atoms. The van der Waals surface area contributed by atoms with E-state index in [1.54, 1.807) is 0 Å². The van der Waals surface area contributed by atoms with Crippen molar-refractivity contribution in [3.8, 4) is 0 Å². The van der Waals surface area contributed by atoms with Crippen LogP contribution >= 0.6 is 11.8 Å². The van der Waals surface area contributed by atoms with Crippen molar-refractivity contribution in [1.82, 2.24) is 5.43 Å². The molecule has 4 nitrogen and oxygen atoms in total. The minimum Gasteiger partial charge on any atom is -0.377 e. The third-order valence-corrected chi connectivity index (χ3v) is 5.71. The van der Waals surface area contributed by atoms with Gasteiger partial charge >= 0.3 is 0 Å². The predicted octanol–water partition coefficient (Wildman–Crippen LogP) is 1.94. The highest BCUT2D eigenvalue weighted by Crippen LogP contribution is 2.41. The van der Waals surface area contributed by atoms with Gasteiger partial charge in [0.1, 0.15) is 0 Å². The van der Waals surface area contributed by atoms with Crippen LogP contribution in [0.25, 0.3) is 0 Å². The van der Waals surface area contributed by atoms with Crippen molar-refractivity contribution in [3.63, 3.8) is 0 Å². The van der Waals surface area contributed by atoms with Gasteiger partial charge in [0, 0.05) is 19.0 Å². The molecule has 0 aromatic carbocycles. The van der Waals surface area contributed by atoms with Gasteiger partial charge in [-0.1, -0.05) is 6.92 Å². The van der Waals surface area contributed by atoms with E-state index in [4.69, 9.17) is 15.3 Å². The first kappa shape index (κ1) is 15.6. The van der Waals surface area contributed by atoms with Crippen molar-refractivity contribution < 1.29 is 9.47 Å². The quantitative estimate of drug-likeness (QED) is 0.578. The van der Waals surface area contributed by atoms with Gasteiger partial charge in [0.2, 0.25) is 0 Å². The van der Waals surface area contributed by atoms with Gasteiger partial charge in [-0.2, -0.15) is 11.8 Å². The van der Waals surface area contributed by atoms with Crippen LogP contribution in [-0.4, -0.2) is 42.5 Å². The van der Waals surface area contributed by atoms with Crippen LogP contribution in [0.15, 0.2) is 0 Å². The van der Waals surface area contributed by atoms with Crippen molar-refractivity contribution in [2.24, 2.45) is 11.8 Å². The van der Waals surface area contributed by atoms with E-state index >= 15 is 0 Å². The lowest BCUT2D eigenvalue weighted by molar-refractivity contribution is -0.0976. The fourth-order valence-electron chi connectivity index (χ4n) is 3.47. The number of hydrogen-bond acceptors (Lipinski definition) is 5. The number of rotatable bonds is 6. The summed E-state index contributed by atoms with van der Waals surface area (Å²) < 4.78 is 12.0. The molecule has 2 aliphatic rings. The van der Waals surface area contributed by atoms with Crippen LogP contribution in [0.2, 0.25) is 0 Å². The van der Waals surface area contributed by atoms with E-state index in [0.717, 1.165) is 38.2 Å². The van der Waals surface area contributed by atoms with E-state index in [0.29, 0.717) is 5.92 Å². The van der Waals surface area contributed by atoms with E-state index in [1.165, 1.54) is 12.2 Å². The average Bonchev–Trinajstić information content (AvgIpc) is 2.86. The molecule has 4 atom stereocenters. The molecule has 0 saturated carbocycles. The van der Waals surface area contributed by atoms with Crippen molar-refractivity contribution in [3.05, 3.63) is 0 Å². The predicted molar refractivity (Wildman–Crippen MR) is 80.2 cm³/mol. The lowest BCUT2D eigenvalue weighted by atomic mass is 9.79. The molecule has 2 saturated heterocycles. The van der Waals surface area contributed by atoms with Gasteiger partial charge < -0.3 is 9.47 Å². The molecule has 112 valence electrons. The summed E-state index contributed by atoms with van der Waals surface area (Å²) in [6, 6.07) is 0.247. The van der Waals surface area contributed by atoms with E-state index < -0.39 is 0 Å². The molecule has 0 aromatic rings. The first-order chi connectivity index (χ1) is 9.24. The van der Waals surface area contributed by atoms with Crippen LogP contribution in [0, 0.1) is 5.92 Å². The molecule has 2 aliphatic heterocycles. The summed E-state index contributed by atoms with van der Waals surface area (Å²) in [5, 5.41) is 0. The summed E-state index contributed by atoms with van der Waals surface area (Å²) >= 11 is 2.02. The fraction of sp³-hybridized carbons (Fsp3) is 1.00. The molecule has 5 heteroatoms. The third-order valence-electron chi connectivity index (χ3n) is 4.48. The molecular formula is C14H28N2O2S. The van der Waals surface area contributed by atoms with Crippen LogP contribution in [0.5, 0.6) is 0 Å². The summed E-state index contributed by atoms with van der Waals surface area (Å²) in [6.07, 6.45) is 4.62. The Bertz CT molecular complexity index is 272. The number of thioether (sulfide) groups is 1. The molecule has 2 heterocycles. The molecule has 4 unspecified atom stereocenters. The maximum atomic E-state index is 6.09. The Morgan fingerprint density at radius 2 is 2.37 bits per heavy atom. The largest absolute Gasteiger partial charge is 0.377 e. The molecular weight excluding hydrogens is 260 g/mol. The topological polar surface area (TPSA) is 56.5 Å². The van der Waals surface area contributed by atoms with E-state index in [2.05, 4.69) is 19.3 Å². The van der Waals surface area contributed by atoms with E-state index in [9.17, 15) is 0 Å². The highest BCUT2D eigenvalue weighted by atomic mass is 32.2. The zero-order valence-corrected chi connectivity index (χ0v) is 13.0. The van der Waals surface area contributed by atoms with Crippen LogP contribution < -0.4 is 11.3 Å². The Morgan fingerprint density at radius 1 is 1.53 bits per heavy atom. The van der Waals surface area contributed by atoms with Crippen molar-refractivity contribution in [2.75, 3.05) is 24.7 Å². The second-order valence-electron chi connectivity index (χ2n) is 5.68. The number of hydrazine groups is 1. The molecule has 3 N–H and O–H groups in total. The zero-order valence-electron chi connectivity index (χ0n) is 12.2. The second-order valence-corrected chi connectivity index (χ2v) is 6.79. The van der Waals surface area contributed by atoms with E-state index in [1.807, 2.05) is 11.8 Å². The van der Waals surface area contributed by atoms with Crippen molar-refractivity contribution >= 4 is 11.8 Å². The Kier molecular flexibility index (Phi) is 5.96. The van der Waals surface area contributed by atoms with Gasteiger partial charge in [-0.3, -0.25) is 11.3 Å². The van der Waals surface area contributed by atoms with Crippen molar-refractivity contribution in [2.45, 2.75) is 57.3 Å². The molecule has 0 aliphatic carbocycles. The zero-order chi connectivity index (χ0) is 13.7. The number of ether oxygens (including phenoxy) is 2. The van der Waals surface area contributed by atoms with Crippen LogP contribution in [0.1, 0.15) is 39.5 Å². The molecule has 2 fully saturated rings. The van der Waals surface area contributed by atoms with Crippen LogP contribution in [-0.2, 0) is 9.47 Å². The molecule has 0 amide bonds. The lowest BCUT2D eigenvalue weighted by Crippen LogP contribution is -2.54. The highest BCUT2D eigenvalue weighted by molar-refractivity contribution is 7.99. The standard InChI is InChI=1S/C14H28N2O2S/c1-3-12(17-4-2)13(16-15)11-5-7-18-14(9-11)6-8-19-10-14/h11-13,16H,3-10,15H2,1-2H3. The first-order valence-electron chi connectivity index (χ1n) is 7.54. The molecule has 0 bridgehead atoms. The Balaban J connectivity index is 2.00. The van der Waals surface area contributed by atoms with Gasteiger partial charge in [0.05, 0.1) is 17.7 Å². The van der Waals surface area contributed by atoms with Crippen LogP contribution in [0.4, 0.5) is 0 Å². The molecule has 0 aromatic heterocycles. The molecule has 0 radical (unpaired) electrons. The molecule has 1 spiro atoms. The second kappa shape index (κ2) is 7.27. The summed E-state index contributed by atoms with van der Waals surface area (Å²) in [4.78, 5) is 0. The smallest absolute Gasteiger partial charge is 0.0783 e. The minimum atomic E-state index is 0.118. The van der Waals surface area contributed by atoms with Gasteiger partial charge in [0.15, 0.2) is 0 Å². The number of hydrogen-bond donors (Lipinski definition) is 2. The monoisotopic (exact) mass is 288 g/mol. The van der Waals surface area contributed by atoms with E-state index in [-0.39, 0.29) is 17.7 Å².